The monoisotopic (exact) mass is 328 g/mol. The van der Waals surface area contributed by atoms with Crippen molar-refractivity contribution in [3.63, 3.8) is 0 Å². The second kappa shape index (κ2) is 4.75. The van der Waals surface area contributed by atoms with Crippen LogP contribution in [0.1, 0.15) is 30.9 Å². The van der Waals surface area contributed by atoms with Gasteiger partial charge in [-0.15, -0.1) is 0 Å². The van der Waals surface area contributed by atoms with Crippen molar-refractivity contribution in [2.45, 2.75) is 25.4 Å². The fraction of sp³-hybridized carbons (Fsp3) is 0.444. The highest BCUT2D eigenvalue weighted by Gasteiger charge is 2.50. The van der Waals surface area contributed by atoms with Gasteiger partial charge >= 0.3 is 5.69 Å². The molecule has 2 aromatic rings. The maximum atomic E-state index is 12.9. The van der Waals surface area contributed by atoms with Gasteiger partial charge in [0.15, 0.2) is 0 Å². The normalized spacial score (nSPS) is 23.3. The predicted molar refractivity (Wildman–Crippen MR) is 88.9 cm³/mol. The third-order valence-corrected chi connectivity index (χ3v) is 5.28. The smallest absolute Gasteiger partial charge is 0.333 e. The SMILES string of the molecule is Cn1c2c(c(=O)n(C)c1=O)[C@@H]1c3ccccc3OC[C@H]1C(C)(C)O2. The van der Waals surface area contributed by atoms with Gasteiger partial charge in [0, 0.05) is 31.5 Å². The van der Waals surface area contributed by atoms with Gasteiger partial charge in [-0.3, -0.25) is 13.9 Å². The lowest BCUT2D eigenvalue weighted by Gasteiger charge is -2.47. The molecule has 2 aliphatic rings. The lowest BCUT2D eigenvalue weighted by atomic mass is 9.71. The van der Waals surface area contributed by atoms with Crippen LogP contribution in [-0.2, 0) is 14.1 Å². The summed E-state index contributed by atoms with van der Waals surface area (Å²) in [6.45, 7) is 4.43. The van der Waals surface area contributed by atoms with E-state index in [2.05, 4.69) is 0 Å². The van der Waals surface area contributed by atoms with E-state index in [9.17, 15) is 9.59 Å². The van der Waals surface area contributed by atoms with Crippen molar-refractivity contribution in [2.75, 3.05) is 6.61 Å². The Morgan fingerprint density at radius 3 is 2.58 bits per heavy atom. The average molecular weight is 328 g/mol. The molecule has 1 aromatic carbocycles. The fourth-order valence-corrected chi connectivity index (χ4v) is 3.89. The number of para-hydroxylation sites is 1. The molecule has 0 N–H and O–H groups in total. The molecule has 6 nitrogen and oxygen atoms in total. The number of aromatic nitrogens is 2. The summed E-state index contributed by atoms with van der Waals surface area (Å²) >= 11 is 0. The summed E-state index contributed by atoms with van der Waals surface area (Å²) in [5.74, 6) is 0.994. The van der Waals surface area contributed by atoms with Gasteiger partial charge in [-0.2, -0.15) is 0 Å². The molecular weight excluding hydrogens is 308 g/mol. The Hall–Kier alpha value is -2.50. The zero-order valence-electron chi connectivity index (χ0n) is 14.2. The van der Waals surface area contributed by atoms with Gasteiger partial charge in [0.05, 0.1) is 12.2 Å². The highest BCUT2D eigenvalue weighted by atomic mass is 16.5. The average Bonchev–Trinajstić information content (AvgIpc) is 2.57. The quantitative estimate of drug-likeness (QED) is 0.733. The van der Waals surface area contributed by atoms with Crippen molar-refractivity contribution in [2.24, 2.45) is 20.0 Å². The molecule has 126 valence electrons. The van der Waals surface area contributed by atoms with Gasteiger partial charge in [0.25, 0.3) is 5.56 Å². The minimum Gasteiger partial charge on any atom is -0.493 e. The summed E-state index contributed by atoms with van der Waals surface area (Å²) < 4.78 is 14.6. The lowest BCUT2D eigenvalue weighted by molar-refractivity contribution is -0.0220. The molecule has 0 spiro atoms. The standard InChI is InChI=1S/C18H20N2O4/c1-18(2)11-9-23-12-8-6-5-7-10(12)13(11)14-15(21)19(3)17(22)20(4)16(14)24-18/h5-8,11,13H,9H2,1-4H3/t11-,13-/m1/s1. The molecule has 0 bridgehead atoms. The number of benzene rings is 1. The van der Waals surface area contributed by atoms with Crippen molar-refractivity contribution in [1.29, 1.82) is 0 Å². The second-order valence-electron chi connectivity index (χ2n) is 7.06. The van der Waals surface area contributed by atoms with Gasteiger partial charge in [-0.05, 0) is 19.9 Å². The first-order valence-corrected chi connectivity index (χ1v) is 8.03. The first kappa shape index (κ1) is 15.1. The van der Waals surface area contributed by atoms with Crippen molar-refractivity contribution in [1.82, 2.24) is 9.13 Å². The number of hydrogen-bond donors (Lipinski definition) is 0. The molecule has 4 rings (SSSR count). The molecule has 3 heterocycles. The first-order valence-electron chi connectivity index (χ1n) is 8.03. The third-order valence-electron chi connectivity index (χ3n) is 5.28. The minimum atomic E-state index is -0.554. The van der Waals surface area contributed by atoms with Crippen LogP contribution in [-0.4, -0.2) is 21.3 Å². The predicted octanol–water partition coefficient (Wildman–Crippen LogP) is 1.40. The Balaban J connectivity index is 2.10. The van der Waals surface area contributed by atoms with Gasteiger partial charge in [0.1, 0.15) is 11.4 Å². The molecule has 2 aliphatic heterocycles. The van der Waals surface area contributed by atoms with E-state index in [1.165, 1.54) is 11.6 Å². The van der Waals surface area contributed by atoms with Crippen molar-refractivity contribution in [3.05, 3.63) is 56.2 Å². The molecule has 1 aromatic heterocycles. The molecular formula is C18H20N2O4. The Morgan fingerprint density at radius 1 is 1.12 bits per heavy atom. The molecule has 0 amide bonds. The third kappa shape index (κ3) is 1.82. The van der Waals surface area contributed by atoms with Crippen LogP contribution in [0.4, 0.5) is 0 Å². The number of hydrogen-bond acceptors (Lipinski definition) is 4. The summed E-state index contributed by atoms with van der Waals surface area (Å²) in [4.78, 5) is 25.2. The number of rotatable bonds is 0. The zero-order valence-corrected chi connectivity index (χ0v) is 14.2. The Kier molecular flexibility index (Phi) is 2.98. The van der Waals surface area contributed by atoms with Gasteiger partial charge in [-0.1, -0.05) is 18.2 Å². The van der Waals surface area contributed by atoms with E-state index in [1.807, 2.05) is 38.1 Å². The molecule has 2 atom stereocenters. The second-order valence-corrected chi connectivity index (χ2v) is 7.06. The summed E-state index contributed by atoms with van der Waals surface area (Å²) in [6, 6.07) is 7.77. The van der Waals surface area contributed by atoms with E-state index in [-0.39, 0.29) is 23.1 Å². The first-order chi connectivity index (χ1) is 11.3. The van der Waals surface area contributed by atoms with Gasteiger partial charge in [-0.25, -0.2) is 4.79 Å². The molecule has 0 saturated carbocycles. The van der Waals surface area contributed by atoms with Gasteiger partial charge in [0.2, 0.25) is 5.88 Å². The number of fused-ring (bicyclic) bond motifs is 5. The number of nitrogens with zero attached hydrogens (tertiary/aromatic N) is 2. The number of ether oxygens (including phenoxy) is 2. The van der Waals surface area contributed by atoms with Crippen LogP contribution in [0, 0.1) is 5.92 Å². The molecule has 0 aliphatic carbocycles. The van der Waals surface area contributed by atoms with Crippen LogP contribution in [0.5, 0.6) is 11.6 Å². The molecule has 6 heteroatoms. The van der Waals surface area contributed by atoms with E-state index >= 15 is 0 Å². The Bertz CT molecular complexity index is 954. The highest BCUT2D eigenvalue weighted by Crippen LogP contribution is 2.50. The highest BCUT2D eigenvalue weighted by molar-refractivity contribution is 5.48. The van der Waals surface area contributed by atoms with Crippen LogP contribution < -0.4 is 20.7 Å². The lowest BCUT2D eigenvalue weighted by Crippen LogP contribution is -2.54. The topological polar surface area (TPSA) is 62.5 Å². The zero-order chi connectivity index (χ0) is 17.2. The van der Waals surface area contributed by atoms with E-state index in [1.54, 1.807) is 7.05 Å². The van der Waals surface area contributed by atoms with Crippen LogP contribution in [0.2, 0.25) is 0 Å². The molecule has 0 radical (unpaired) electrons. The van der Waals surface area contributed by atoms with Crippen molar-refractivity contribution in [3.8, 4) is 11.6 Å². The summed E-state index contributed by atoms with van der Waals surface area (Å²) in [6.07, 6.45) is 0. The van der Waals surface area contributed by atoms with E-state index in [4.69, 9.17) is 9.47 Å². The van der Waals surface area contributed by atoms with E-state index in [0.29, 0.717) is 18.1 Å². The summed E-state index contributed by atoms with van der Waals surface area (Å²) in [7, 11) is 3.15. The largest absolute Gasteiger partial charge is 0.493 e. The Labute approximate surface area is 139 Å². The molecule has 0 fully saturated rings. The van der Waals surface area contributed by atoms with Crippen LogP contribution in [0.3, 0.4) is 0 Å². The van der Waals surface area contributed by atoms with E-state index in [0.717, 1.165) is 15.9 Å². The summed E-state index contributed by atoms with van der Waals surface area (Å²) in [5.41, 5.74) is 0.285. The summed E-state index contributed by atoms with van der Waals surface area (Å²) in [5, 5.41) is 0. The van der Waals surface area contributed by atoms with Crippen LogP contribution in [0.25, 0.3) is 0 Å². The maximum Gasteiger partial charge on any atom is 0.333 e. The van der Waals surface area contributed by atoms with Crippen molar-refractivity contribution < 1.29 is 9.47 Å². The molecule has 0 saturated heterocycles. The van der Waals surface area contributed by atoms with Gasteiger partial charge < -0.3 is 9.47 Å². The maximum absolute atomic E-state index is 12.9. The molecule has 24 heavy (non-hydrogen) atoms. The minimum absolute atomic E-state index is 0.00916. The fourth-order valence-electron chi connectivity index (χ4n) is 3.89. The van der Waals surface area contributed by atoms with Crippen LogP contribution in [0.15, 0.2) is 33.9 Å². The van der Waals surface area contributed by atoms with Crippen molar-refractivity contribution >= 4 is 0 Å². The van der Waals surface area contributed by atoms with E-state index < -0.39 is 5.60 Å². The van der Waals surface area contributed by atoms with Crippen LogP contribution >= 0.6 is 0 Å². The Morgan fingerprint density at radius 2 is 1.83 bits per heavy atom. The molecule has 0 unspecified atom stereocenters.